The highest BCUT2D eigenvalue weighted by Crippen LogP contribution is 2.52. The fourth-order valence-electron chi connectivity index (χ4n) is 5.31. The molecule has 0 bridgehead atoms. The van der Waals surface area contributed by atoms with E-state index in [1.807, 2.05) is 12.4 Å². The maximum Gasteiger partial charge on any atom is 0.131 e. The molecule has 1 spiro atoms. The number of nitrogens with zero attached hydrogens (tertiary/aromatic N) is 3. The lowest BCUT2D eigenvalue weighted by atomic mass is 9.66. The fourth-order valence-corrected chi connectivity index (χ4v) is 5.31. The van der Waals surface area contributed by atoms with Crippen molar-refractivity contribution >= 4 is 0 Å². The van der Waals surface area contributed by atoms with Crippen molar-refractivity contribution < 1.29 is 5.11 Å². The molecule has 24 heavy (non-hydrogen) atoms. The molecule has 1 saturated heterocycles. The molecule has 1 aromatic heterocycles. The van der Waals surface area contributed by atoms with Gasteiger partial charge >= 0.3 is 0 Å². The van der Waals surface area contributed by atoms with Gasteiger partial charge in [-0.1, -0.05) is 13.8 Å². The van der Waals surface area contributed by atoms with Crippen LogP contribution in [0.15, 0.2) is 12.4 Å². The number of aromatic nitrogens is 2. The van der Waals surface area contributed by atoms with Crippen LogP contribution in [0, 0.1) is 11.3 Å². The van der Waals surface area contributed by atoms with Crippen LogP contribution in [0.25, 0.3) is 0 Å². The average Bonchev–Trinajstić information content (AvgIpc) is 3.30. The molecule has 0 aromatic carbocycles. The molecule has 4 rings (SSSR count). The Morgan fingerprint density at radius 1 is 1.29 bits per heavy atom. The van der Waals surface area contributed by atoms with Crippen molar-refractivity contribution in [2.24, 2.45) is 11.3 Å². The van der Waals surface area contributed by atoms with E-state index in [4.69, 9.17) is 0 Å². The summed E-state index contributed by atoms with van der Waals surface area (Å²) in [5, 5.41) is 14.1. The maximum absolute atomic E-state index is 10.6. The van der Waals surface area contributed by atoms with Crippen LogP contribution >= 0.6 is 0 Å². The van der Waals surface area contributed by atoms with Gasteiger partial charge in [0.15, 0.2) is 0 Å². The lowest BCUT2D eigenvalue weighted by Gasteiger charge is -2.57. The predicted octanol–water partition coefficient (Wildman–Crippen LogP) is 1.92. The zero-order valence-corrected chi connectivity index (χ0v) is 15.1. The second-order valence-corrected chi connectivity index (χ2v) is 8.65. The van der Waals surface area contributed by atoms with Gasteiger partial charge in [0.2, 0.25) is 0 Å². The van der Waals surface area contributed by atoms with Crippen molar-refractivity contribution in [3.05, 3.63) is 23.8 Å². The van der Waals surface area contributed by atoms with Gasteiger partial charge in [0.1, 0.15) is 5.82 Å². The molecule has 132 valence electrons. The number of aliphatic hydroxyl groups is 1. The number of likely N-dealkylation sites (tertiary alicyclic amines) is 1. The summed E-state index contributed by atoms with van der Waals surface area (Å²) < 4.78 is 0. The summed E-state index contributed by atoms with van der Waals surface area (Å²) in [6.07, 6.45) is 8.11. The predicted molar refractivity (Wildman–Crippen MR) is 93.6 cm³/mol. The van der Waals surface area contributed by atoms with Crippen molar-refractivity contribution in [2.75, 3.05) is 13.6 Å². The molecule has 3 aliphatic rings. The number of rotatable bonds is 5. The van der Waals surface area contributed by atoms with Crippen molar-refractivity contribution in [3.8, 4) is 0 Å². The molecule has 2 N–H and O–H groups in total. The molecule has 2 saturated carbocycles. The first-order valence-electron chi connectivity index (χ1n) is 9.41. The summed E-state index contributed by atoms with van der Waals surface area (Å²) in [7, 11) is 2.21. The molecule has 2 heterocycles. The van der Waals surface area contributed by atoms with Gasteiger partial charge in [0.25, 0.3) is 0 Å². The SMILES string of the molecule is CC(C)C1N(C)CC12C[C@@H](O)[C@H](NCc1cnc(C3CC3)nc1)C2. The average molecular weight is 330 g/mol. The van der Waals surface area contributed by atoms with Crippen LogP contribution in [0.4, 0.5) is 0 Å². The smallest absolute Gasteiger partial charge is 0.131 e. The molecule has 0 amide bonds. The Morgan fingerprint density at radius 2 is 2.00 bits per heavy atom. The van der Waals surface area contributed by atoms with Gasteiger partial charge in [-0.15, -0.1) is 0 Å². The van der Waals surface area contributed by atoms with Crippen molar-refractivity contribution in [2.45, 2.75) is 70.2 Å². The summed E-state index contributed by atoms with van der Waals surface area (Å²) in [4.78, 5) is 11.4. The first-order valence-corrected chi connectivity index (χ1v) is 9.41. The van der Waals surface area contributed by atoms with E-state index in [-0.39, 0.29) is 12.1 Å². The second-order valence-electron chi connectivity index (χ2n) is 8.65. The van der Waals surface area contributed by atoms with E-state index in [1.54, 1.807) is 0 Å². The summed E-state index contributed by atoms with van der Waals surface area (Å²) in [6, 6.07) is 0.781. The van der Waals surface area contributed by atoms with Gasteiger partial charge in [-0.2, -0.15) is 0 Å². The molecular weight excluding hydrogens is 300 g/mol. The molecule has 5 nitrogen and oxygen atoms in total. The van der Waals surface area contributed by atoms with Crippen LogP contribution in [-0.4, -0.2) is 51.8 Å². The molecule has 2 aliphatic carbocycles. The van der Waals surface area contributed by atoms with Crippen molar-refractivity contribution in [1.82, 2.24) is 20.2 Å². The summed E-state index contributed by atoms with van der Waals surface area (Å²) >= 11 is 0. The van der Waals surface area contributed by atoms with Crippen LogP contribution in [0.2, 0.25) is 0 Å². The quantitative estimate of drug-likeness (QED) is 0.864. The standard InChI is InChI=1S/C19H30N4O/c1-12(2)17-19(11-23(17)3)6-15(16(24)7-19)20-8-13-9-21-18(22-10-13)14-4-5-14/h9-10,12,14-17,20,24H,4-8,11H2,1-3H3/t15-,16-,17?,19?/m1/s1. The number of hydrogen-bond donors (Lipinski definition) is 2. The zero-order chi connectivity index (χ0) is 16.9. The third-order valence-corrected chi connectivity index (χ3v) is 6.24. The highest BCUT2D eigenvalue weighted by Gasteiger charge is 2.57. The fraction of sp³-hybridized carbons (Fsp3) is 0.789. The van der Waals surface area contributed by atoms with E-state index >= 15 is 0 Å². The Labute approximate surface area is 144 Å². The van der Waals surface area contributed by atoms with Crippen LogP contribution < -0.4 is 5.32 Å². The van der Waals surface area contributed by atoms with Crippen LogP contribution in [-0.2, 0) is 6.54 Å². The lowest BCUT2D eigenvalue weighted by molar-refractivity contribution is -0.0828. The van der Waals surface area contributed by atoms with E-state index in [9.17, 15) is 5.11 Å². The first-order chi connectivity index (χ1) is 11.5. The molecule has 1 aromatic rings. The maximum atomic E-state index is 10.6. The lowest BCUT2D eigenvalue weighted by Crippen LogP contribution is -2.64. The van der Waals surface area contributed by atoms with Gasteiger partial charge in [0.05, 0.1) is 6.10 Å². The van der Waals surface area contributed by atoms with Crippen LogP contribution in [0.3, 0.4) is 0 Å². The van der Waals surface area contributed by atoms with E-state index in [1.165, 1.54) is 12.8 Å². The summed E-state index contributed by atoms with van der Waals surface area (Å²) in [6.45, 7) is 6.46. The summed E-state index contributed by atoms with van der Waals surface area (Å²) in [5.74, 6) is 2.24. The highest BCUT2D eigenvalue weighted by atomic mass is 16.3. The normalized spacial score (nSPS) is 36.5. The zero-order valence-electron chi connectivity index (χ0n) is 15.1. The van der Waals surface area contributed by atoms with E-state index in [0.717, 1.165) is 37.3 Å². The third kappa shape index (κ3) is 2.87. The molecule has 2 unspecified atom stereocenters. The molecule has 5 heteroatoms. The molecule has 1 aliphatic heterocycles. The third-order valence-electron chi connectivity index (χ3n) is 6.24. The van der Waals surface area contributed by atoms with Crippen LogP contribution in [0.5, 0.6) is 0 Å². The second kappa shape index (κ2) is 6.04. The molecule has 4 atom stereocenters. The summed E-state index contributed by atoms with van der Waals surface area (Å²) in [5.41, 5.74) is 1.41. The van der Waals surface area contributed by atoms with E-state index in [0.29, 0.717) is 23.3 Å². The first kappa shape index (κ1) is 16.4. The van der Waals surface area contributed by atoms with Gasteiger partial charge in [-0.3, -0.25) is 0 Å². The van der Waals surface area contributed by atoms with Gasteiger partial charge in [0, 0.05) is 54.5 Å². The van der Waals surface area contributed by atoms with Gasteiger partial charge < -0.3 is 15.3 Å². The Kier molecular flexibility index (Phi) is 4.14. The molecule has 3 fully saturated rings. The Balaban J connectivity index is 1.35. The minimum absolute atomic E-state index is 0.183. The van der Waals surface area contributed by atoms with E-state index < -0.39 is 0 Å². The molecule has 0 radical (unpaired) electrons. The largest absolute Gasteiger partial charge is 0.391 e. The Hall–Kier alpha value is -1.04. The van der Waals surface area contributed by atoms with Crippen molar-refractivity contribution in [3.63, 3.8) is 0 Å². The topological polar surface area (TPSA) is 61.3 Å². The van der Waals surface area contributed by atoms with Gasteiger partial charge in [-0.25, -0.2) is 9.97 Å². The van der Waals surface area contributed by atoms with Crippen molar-refractivity contribution in [1.29, 1.82) is 0 Å². The number of aliphatic hydroxyl groups excluding tert-OH is 1. The number of hydrogen-bond acceptors (Lipinski definition) is 5. The van der Waals surface area contributed by atoms with E-state index in [2.05, 4.69) is 41.1 Å². The van der Waals surface area contributed by atoms with Crippen LogP contribution in [0.1, 0.15) is 56.8 Å². The Bertz CT molecular complexity index is 581. The monoisotopic (exact) mass is 330 g/mol. The highest BCUT2D eigenvalue weighted by molar-refractivity contribution is 5.14. The van der Waals surface area contributed by atoms with Gasteiger partial charge in [-0.05, 0) is 38.6 Å². The minimum Gasteiger partial charge on any atom is -0.391 e. The molecular formula is C19H30N4O. The Morgan fingerprint density at radius 3 is 2.58 bits per heavy atom. The number of nitrogens with one attached hydrogen (secondary N) is 1. The minimum atomic E-state index is -0.244.